The number of benzene rings is 2. The Morgan fingerprint density at radius 3 is 2.77 bits per heavy atom. The Balaban J connectivity index is 1.98. The number of esters is 1. The molecule has 0 saturated heterocycles. The van der Waals surface area contributed by atoms with Crippen LogP contribution >= 0.6 is 0 Å². The number of ether oxygens (including phenoxy) is 2. The molecule has 0 heterocycles. The topological polar surface area (TPSA) is 52.6 Å². The van der Waals surface area contributed by atoms with Gasteiger partial charge in [0.25, 0.3) is 0 Å². The lowest BCUT2D eigenvalue weighted by Crippen LogP contribution is -2.16. The van der Waals surface area contributed by atoms with Crippen LogP contribution in [0, 0.1) is 5.92 Å². The van der Waals surface area contributed by atoms with Crippen molar-refractivity contribution in [3.63, 3.8) is 0 Å². The van der Waals surface area contributed by atoms with E-state index >= 15 is 0 Å². The Labute approximate surface area is 129 Å². The number of fused-ring (bicyclic) bond motifs is 3. The first-order chi connectivity index (χ1) is 10.6. The monoisotopic (exact) mass is 298 g/mol. The van der Waals surface area contributed by atoms with Gasteiger partial charge in [0.05, 0.1) is 20.1 Å². The van der Waals surface area contributed by atoms with Crippen LogP contribution in [-0.2, 0) is 16.0 Å². The number of carbonyl (C=O) groups excluding carboxylic acids is 2. The first-order valence-electron chi connectivity index (χ1n) is 7.43. The summed E-state index contributed by atoms with van der Waals surface area (Å²) in [6.07, 6.45) is 0.743. The highest BCUT2D eigenvalue weighted by molar-refractivity contribution is 6.13. The van der Waals surface area contributed by atoms with Gasteiger partial charge in [-0.15, -0.1) is 0 Å². The van der Waals surface area contributed by atoms with Crippen LogP contribution in [0.5, 0.6) is 5.75 Å². The van der Waals surface area contributed by atoms with Crippen LogP contribution < -0.4 is 4.74 Å². The molecule has 0 aromatic heterocycles. The van der Waals surface area contributed by atoms with Crippen molar-refractivity contribution >= 4 is 22.5 Å². The van der Waals surface area contributed by atoms with Gasteiger partial charge in [0, 0.05) is 11.5 Å². The Bertz CT molecular complexity index is 748. The number of hydrogen-bond donors (Lipinski definition) is 0. The van der Waals surface area contributed by atoms with Gasteiger partial charge in [-0.1, -0.05) is 18.2 Å². The predicted octanol–water partition coefficient (Wildman–Crippen LogP) is 3.16. The molecule has 2 aromatic carbocycles. The van der Waals surface area contributed by atoms with Crippen LogP contribution in [0.15, 0.2) is 30.3 Å². The molecule has 0 bridgehead atoms. The first-order valence-corrected chi connectivity index (χ1v) is 7.43. The third-order valence-electron chi connectivity index (χ3n) is 4.12. The van der Waals surface area contributed by atoms with E-state index in [0.717, 1.165) is 27.6 Å². The summed E-state index contributed by atoms with van der Waals surface area (Å²) < 4.78 is 10.2. The number of rotatable bonds is 4. The number of ketones is 1. The zero-order valence-electron chi connectivity index (χ0n) is 12.7. The van der Waals surface area contributed by atoms with Crippen molar-refractivity contribution in [2.45, 2.75) is 19.8 Å². The van der Waals surface area contributed by atoms with Crippen LogP contribution in [0.1, 0.15) is 29.3 Å². The molecule has 22 heavy (non-hydrogen) atoms. The number of methoxy groups -OCH3 is 1. The zero-order valence-corrected chi connectivity index (χ0v) is 12.7. The second-order valence-electron chi connectivity index (χ2n) is 5.46. The predicted molar refractivity (Wildman–Crippen MR) is 83.3 cm³/mol. The molecule has 0 aliphatic heterocycles. The molecule has 1 aliphatic rings. The second-order valence-corrected chi connectivity index (χ2v) is 5.46. The fourth-order valence-electron chi connectivity index (χ4n) is 3.08. The van der Waals surface area contributed by atoms with E-state index < -0.39 is 0 Å². The minimum Gasteiger partial charge on any atom is -0.497 e. The van der Waals surface area contributed by atoms with E-state index in [0.29, 0.717) is 13.0 Å². The van der Waals surface area contributed by atoms with Gasteiger partial charge < -0.3 is 9.47 Å². The number of hydrogen-bond acceptors (Lipinski definition) is 4. The highest BCUT2D eigenvalue weighted by Gasteiger charge is 2.33. The molecule has 1 atom stereocenters. The van der Waals surface area contributed by atoms with Crippen molar-refractivity contribution in [1.29, 1.82) is 0 Å². The molecule has 1 unspecified atom stereocenters. The zero-order chi connectivity index (χ0) is 15.7. The van der Waals surface area contributed by atoms with E-state index in [1.54, 1.807) is 14.0 Å². The minimum absolute atomic E-state index is 0.0295. The molecule has 114 valence electrons. The van der Waals surface area contributed by atoms with Crippen molar-refractivity contribution in [1.82, 2.24) is 0 Å². The molecule has 4 nitrogen and oxygen atoms in total. The summed E-state index contributed by atoms with van der Waals surface area (Å²) in [6.45, 7) is 2.11. The van der Waals surface area contributed by atoms with E-state index in [1.807, 2.05) is 30.3 Å². The highest BCUT2D eigenvalue weighted by atomic mass is 16.5. The molecule has 0 saturated carbocycles. The first kappa shape index (κ1) is 14.6. The summed E-state index contributed by atoms with van der Waals surface area (Å²) in [4.78, 5) is 24.4. The average molecular weight is 298 g/mol. The van der Waals surface area contributed by atoms with Crippen molar-refractivity contribution in [2.24, 2.45) is 5.92 Å². The van der Waals surface area contributed by atoms with Gasteiger partial charge in [0.15, 0.2) is 5.78 Å². The fourth-order valence-corrected chi connectivity index (χ4v) is 3.08. The van der Waals surface area contributed by atoms with Crippen LogP contribution in [0.3, 0.4) is 0 Å². The maximum Gasteiger partial charge on any atom is 0.306 e. The van der Waals surface area contributed by atoms with Crippen LogP contribution in [0.4, 0.5) is 0 Å². The summed E-state index contributed by atoms with van der Waals surface area (Å²) in [6, 6.07) is 9.70. The third kappa shape index (κ3) is 2.45. The summed E-state index contributed by atoms with van der Waals surface area (Å²) in [5.74, 6) is 0.130. The largest absolute Gasteiger partial charge is 0.497 e. The summed E-state index contributed by atoms with van der Waals surface area (Å²) in [5, 5.41) is 1.90. The normalized spacial score (nSPS) is 16.6. The van der Waals surface area contributed by atoms with Gasteiger partial charge in [0.2, 0.25) is 0 Å². The Morgan fingerprint density at radius 2 is 2.05 bits per heavy atom. The lowest BCUT2D eigenvalue weighted by atomic mass is 9.98. The van der Waals surface area contributed by atoms with Gasteiger partial charge in [0.1, 0.15) is 5.75 Å². The molecular weight excluding hydrogens is 280 g/mol. The van der Waals surface area contributed by atoms with Crippen molar-refractivity contribution in [2.75, 3.05) is 13.7 Å². The van der Waals surface area contributed by atoms with Gasteiger partial charge in [-0.25, -0.2) is 0 Å². The van der Waals surface area contributed by atoms with Crippen molar-refractivity contribution in [3.05, 3.63) is 41.5 Å². The molecule has 0 radical (unpaired) electrons. The number of Topliss-reactive ketones (excluding diaryl/α,β-unsaturated/α-hetero) is 1. The van der Waals surface area contributed by atoms with E-state index in [4.69, 9.17) is 9.47 Å². The van der Waals surface area contributed by atoms with E-state index in [9.17, 15) is 9.59 Å². The molecule has 0 N–H and O–H groups in total. The van der Waals surface area contributed by atoms with Crippen molar-refractivity contribution < 1.29 is 19.1 Å². The molecule has 2 aromatic rings. The Morgan fingerprint density at radius 1 is 1.27 bits per heavy atom. The highest BCUT2D eigenvalue weighted by Crippen LogP contribution is 2.35. The smallest absolute Gasteiger partial charge is 0.306 e. The minimum atomic E-state index is -0.314. The third-order valence-corrected chi connectivity index (χ3v) is 4.12. The second kappa shape index (κ2) is 5.79. The average Bonchev–Trinajstić information content (AvgIpc) is 2.83. The molecule has 0 spiro atoms. The maximum absolute atomic E-state index is 12.7. The Kier molecular flexibility index (Phi) is 3.84. The van der Waals surface area contributed by atoms with Gasteiger partial charge in [-0.2, -0.15) is 0 Å². The van der Waals surface area contributed by atoms with E-state index in [-0.39, 0.29) is 24.1 Å². The lowest BCUT2D eigenvalue weighted by molar-refractivity contribution is -0.143. The molecule has 3 rings (SSSR count). The van der Waals surface area contributed by atoms with Gasteiger partial charge >= 0.3 is 5.97 Å². The van der Waals surface area contributed by atoms with Gasteiger partial charge in [-0.3, -0.25) is 9.59 Å². The van der Waals surface area contributed by atoms with Crippen molar-refractivity contribution in [3.8, 4) is 5.75 Å². The lowest BCUT2D eigenvalue weighted by Gasteiger charge is -2.08. The van der Waals surface area contributed by atoms with Crippen LogP contribution in [0.25, 0.3) is 10.8 Å². The molecular formula is C18H18O4. The van der Waals surface area contributed by atoms with Crippen LogP contribution in [-0.4, -0.2) is 25.5 Å². The van der Waals surface area contributed by atoms with E-state index in [1.165, 1.54) is 0 Å². The summed E-state index contributed by atoms with van der Waals surface area (Å²) >= 11 is 0. The van der Waals surface area contributed by atoms with E-state index in [2.05, 4.69) is 0 Å². The quantitative estimate of drug-likeness (QED) is 0.814. The molecule has 1 aliphatic carbocycles. The summed E-state index contributed by atoms with van der Waals surface area (Å²) in [7, 11) is 1.61. The van der Waals surface area contributed by atoms with Crippen LogP contribution in [0.2, 0.25) is 0 Å². The maximum atomic E-state index is 12.7. The molecule has 0 fully saturated rings. The standard InChI is InChI=1S/C18H18O4/c1-3-22-16(19)9-13-8-12-5-4-11-6-7-14(21-2)10-15(11)17(12)18(13)20/h4-7,10,13H,3,8-9H2,1-2H3. The summed E-state index contributed by atoms with van der Waals surface area (Å²) in [5.41, 5.74) is 1.73. The fraction of sp³-hybridized carbons (Fsp3) is 0.333. The Hall–Kier alpha value is -2.36. The SMILES string of the molecule is CCOC(=O)CC1Cc2ccc3ccc(OC)cc3c2C1=O. The molecule has 4 heteroatoms. The van der Waals surface area contributed by atoms with Gasteiger partial charge in [-0.05, 0) is 41.8 Å². The number of carbonyl (C=O) groups is 2. The molecule has 0 amide bonds.